The number of amides is 3. The van der Waals surface area contributed by atoms with Crippen LogP contribution in [0.15, 0.2) is 30.3 Å². The molecule has 1 fully saturated rings. The first-order chi connectivity index (χ1) is 13.2. The average Bonchev–Trinajstić information content (AvgIpc) is 2.93. The van der Waals surface area contributed by atoms with E-state index in [-0.39, 0.29) is 25.9 Å². The maximum atomic E-state index is 12.5. The Kier molecular flexibility index (Phi) is 7.33. The van der Waals surface area contributed by atoms with E-state index in [4.69, 9.17) is 9.57 Å². The number of carbonyl (C=O) groups excluding carboxylic acids is 4. The van der Waals surface area contributed by atoms with Crippen LogP contribution in [0.2, 0.25) is 25.7 Å². The summed E-state index contributed by atoms with van der Waals surface area (Å²) in [5.74, 6) is -2.04. The first kappa shape index (κ1) is 21.6. The minimum absolute atomic E-state index is 0.00161. The van der Waals surface area contributed by atoms with Crippen LogP contribution in [-0.2, 0) is 30.4 Å². The number of hydrogen-bond donors (Lipinski definition) is 1. The standard InChI is InChI=1S/C19H26N2O6Si/c1-28(2,3)12-11-26-19(25)20-15(13-14-7-5-4-6-8-14)18(24)27-21-16(22)9-10-17(21)23/h4-8,15H,9-13H2,1-3H3,(H,20,25)/t15-/m0/s1. The number of benzene rings is 1. The Morgan fingerprint density at radius 1 is 1.11 bits per heavy atom. The summed E-state index contributed by atoms with van der Waals surface area (Å²) in [5, 5.41) is 2.96. The van der Waals surface area contributed by atoms with Crippen LogP contribution in [0, 0.1) is 0 Å². The third-order valence-electron chi connectivity index (χ3n) is 4.13. The van der Waals surface area contributed by atoms with E-state index in [1.165, 1.54) is 0 Å². The van der Waals surface area contributed by atoms with Gasteiger partial charge in [0.15, 0.2) is 0 Å². The van der Waals surface area contributed by atoms with Crippen LogP contribution in [0.5, 0.6) is 0 Å². The molecule has 1 aromatic carbocycles. The number of carbonyl (C=O) groups is 4. The molecule has 0 bridgehead atoms. The third-order valence-corrected chi connectivity index (χ3v) is 5.84. The largest absolute Gasteiger partial charge is 0.450 e. The molecule has 1 saturated heterocycles. The first-order valence-electron chi connectivity index (χ1n) is 9.20. The Hall–Kier alpha value is -2.68. The van der Waals surface area contributed by atoms with Crippen LogP contribution in [0.3, 0.4) is 0 Å². The van der Waals surface area contributed by atoms with Crippen molar-refractivity contribution in [3.8, 4) is 0 Å². The van der Waals surface area contributed by atoms with Gasteiger partial charge in [-0.25, -0.2) is 9.59 Å². The highest BCUT2D eigenvalue weighted by molar-refractivity contribution is 6.76. The van der Waals surface area contributed by atoms with Crippen LogP contribution in [0.1, 0.15) is 18.4 Å². The van der Waals surface area contributed by atoms with Gasteiger partial charge in [-0.15, -0.1) is 5.06 Å². The number of alkyl carbamates (subject to hydrolysis) is 1. The van der Waals surface area contributed by atoms with Crippen molar-refractivity contribution < 1.29 is 28.8 Å². The van der Waals surface area contributed by atoms with Crippen molar-refractivity contribution in [3.05, 3.63) is 35.9 Å². The van der Waals surface area contributed by atoms with Gasteiger partial charge in [0.1, 0.15) is 6.04 Å². The molecule has 1 atom stereocenters. The molecule has 2 rings (SSSR count). The van der Waals surface area contributed by atoms with E-state index in [9.17, 15) is 19.2 Å². The van der Waals surface area contributed by atoms with Crippen LogP contribution >= 0.6 is 0 Å². The average molecular weight is 407 g/mol. The van der Waals surface area contributed by atoms with Gasteiger partial charge < -0.3 is 14.9 Å². The second-order valence-electron chi connectivity index (χ2n) is 7.83. The van der Waals surface area contributed by atoms with E-state index in [1.54, 1.807) is 24.3 Å². The van der Waals surface area contributed by atoms with Gasteiger partial charge in [-0.1, -0.05) is 50.0 Å². The summed E-state index contributed by atoms with van der Waals surface area (Å²) in [6.45, 7) is 6.74. The molecule has 1 aliphatic heterocycles. The summed E-state index contributed by atoms with van der Waals surface area (Å²) in [7, 11) is -1.37. The minimum Gasteiger partial charge on any atom is -0.450 e. The maximum absolute atomic E-state index is 12.5. The number of hydroxylamine groups is 2. The second kappa shape index (κ2) is 9.49. The monoisotopic (exact) mass is 406 g/mol. The van der Waals surface area contributed by atoms with Gasteiger partial charge in [0.25, 0.3) is 11.8 Å². The number of hydrogen-bond acceptors (Lipinski definition) is 6. The Morgan fingerprint density at radius 2 is 1.71 bits per heavy atom. The van der Waals surface area contributed by atoms with Gasteiger partial charge in [-0.2, -0.15) is 0 Å². The summed E-state index contributed by atoms with van der Waals surface area (Å²) in [6, 6.07) is 8.73. The highest BCUT2D eigenvalue weighted by Crippen LogP contribution is 2.14. The van der Waals surface area contributed by atoms with E-state index >= 15 is 0 Å². The molecule has 1 N–H and O–H groups in total. The molecule has 0 saturated carbocycles. The molecule has 0 aliphatic carbocycles. The lowest BCUT2D eigenvalue weighted by atomic mass is 10.1. The van der Waals surface area contributed by atoms with Crippen molar-refractivity contribution >= 4 is 32.0 Å². The molecule has 8 nitrogen and oxygen atoms in total. The summed E-state index contributed by atoms with van der Waals surface area (Å²) in [5.41, 5.74) is 0.783. The smallest absolute Gasteiger partial charge is 0.407 e. The van der Waals surface area contributed by atoms with Crippen LogP contribution < -0.4 is 5.32 Å². The molecule has 9 heteroatoms. The normalized spacial score (nSPS) is 15.3. The number of nitrogens with zero attached hydrogens (tertiary/aromatic N) is 1. The molecule has 1 aliphatic rings. The molecule has 1 heterocycles. The van der Waals surface area contributed by atoms with Crippen LogP contribution in [0.4, 0.5) is 4.79 Å². The zero-order chi connectivity index (χ0) is 20.7. The lowest BCUT2D eigenvalue weighted by molar-refractivity contribution is -0.198. The Bertz CT molecular complexity index is 716. The second-order valence-corrected chi connectivity index (χ2v) is 13.4. The summed E-state index contributed by atoms with van der Waals surface area (Å²) >= 11 is 0. The lowest BCUT2D eigenvalue weighted by Gasteiger charge is -2.21. The van der Waals surface area contributed by atoms with Gasteiger partial charge >= 0.3 is 12.1 Å². The van der Waals surface area contributed by atoms with Crippen molar-refractivity contribution in [3.63, 3.8) is 0 Å². The molecule has 152 valence electrons. The quantitative estimate of drug-likeness (QED) is 0.525. The van der Waals surface area contributed by atoms with Crippen molar-refractivity contribution in [1.82, 2.24) is 10.4 Å². The van der Waals surface area contributed by atoms with Crippen molar-refractivity contribution in [2.75, 3.05) is 6.61 Å². The summed E-state index contributed by atoms with van der Waals surface area (Å²) in [6.07, 6.45) is -0.599. The Morgan fingerprint density at radius 3 is 2.29 bits per heavy atom. The fraction of sp³-hybridized carbons (Fsp3) is 0.474. The van der Waals surface area contributed by atoms with Gasteiger partial charge in [-0.3, -0.25) is 9.59 Å². The molecule has 1 aromatic rings. The highest BCUT2D eigenvalue weighted by atomic mass is 28.3. The van der Waals surface area contributed by atoms with Gasteiger partial charge in [-0.05, 0) is 11.6 Å². The van der Waals surface area contributed by atoms with Crippen LogP contribution in [-0.4, -0.2) is 49.7 Å². The number of nitrogens with one attached hydrogen (secondary N) is 1. The topological polar surface area (TPSA) is 102 Å². The molecular formula is C19H26N2O6Si. The number of imide groups is 1. The van der Waals surface area contributed by atoms with E-state index in [0.717, 1.165) is 11.6 Å². The molecule has 0 radical (unpaired) electrons. The molecule has 0 spiro atoms. The first-order valence-corrected chi connectivity index (χ1v) is 12.9. The number of rotatable bonds is 8. The molecule has 3 amide bonds. The Balaban J connectivity index is 2.01. The minimum atomic E-state index is -1.37. The zero-order valence-corrected chi connectivity index (χ0v) is 17.4. The van der Waals surface area contributed by atoms with Gasteiger partial charge in [0, 0.05) is 27.3 Å². The fourth-order valence-corrected chi connectivity index (χ4v) is 3.20. The van der Waals surface area contributed by atoms with Gasteiger partial charge in [0.2, 0.25) is 0 Å². The molecular weight excluding hydrogens is 380 g/mol. The van der Waals surface area contributed by atoms with E-state index in [1.807, 2.05) is 6.07 Å². The van der Waals surface area contributed by atoms with Gasteiger partial charge in [0.05, 0.1) is 6.61 Å². The molecule has 0 aromatic heterocycles. The summed E-state index contributed by atoms with van der Waals surface area (Å²) < 4.78 is 5.18. The lowest BCUT2D eigenvalue weighted by Crippen LogP contribution is -2.46. The van der Waals surface area contributed by atoms with Crippen LogP contribution in [0.25, 0.3) is 0 Å². The van der Waals surface area contributed by atoms with Crippen molar-refractivity contribution in [2.45, 2.75) is 51.0 Å². The highest BCUT2D eigenvalue weighted by Gasteiger charge is 2.35. The predicted octanol–water partition coefficient (Wildman–Crippen LogP) is 2.27. The Labute approximate surface area is 165 Å². The third kappa shape index (κ3) is 6.80. The van der Waals surface area contributed by atoms with E-state index in [0.29, 0.717) is 5.06 Å². The zero-order valence-electron chi connectivity index (χ0n) is 16.4. The maximum Gasteiger partial charge on any atom is 0.407 e. The summed E-state index contributed by atoms with van der Waals surface area (Å²) in [4.78, 5) is 53.0. The number of ether oxygens (including phenoxy) is 1. The fourth-order valence-electron chi connectivity index (χ4n) is 2.49. The van der Waals surface area contributed by atoms with Crippen molar-refractivity contribution in [1.29, 1.82) is 0 Å². The predicted molar refractivity (Wildman–Crippen MR) is 104 cm³/mol. The van der Waals surface area contributed by atoms with Crippen molar-refractivity contribution in [2.24, 2.45) is 0 Å². The molecule has 28 heavy (non-hydrogen) atoms. The SMILES string of the molecule is C[Si](C)(C)CCOC(=O)N[C@@H](Cc1ccccc1)C(=O)ON1C(=O)CCC1=O. The van der Waals surface area contributed by atoms with E-state index < -0.39 is 38.0 Å². The molecule has 0 unspecified atom stereocenters. The van der Waals surface area contributed by atoms with E-state index in [2.05, 4.69) is 25.0 Å².